The maximum Gasteiger partial charge on any atom is 0.131 e. The van der Waals surface area contributed by atoms with Crippen LogP contribution < -0.4 is 10.6 Å². The molecule has 0 fully saturated rings. The highest BCUT2D eigenvalue weighted by molar-refractivity contribution is 6.00. The maximum atomic E-state index is 3.83. The van der Waals surface area contributed by atoms with Gasteiger partial charge in [0.15, 0.2) is 0 Å². The summed E-state index contributed by atoms with van der Waals surface area (Å²) in [7, 11) is 0. The third-order valence-corrected chi connectivity index (χ3v) is 5.77. The standard InChI is InChI=1S/C27H24N2/c1-19-18-23(20-12-6-3-7-13-20)25-26(24(19)21-14-8-4-9-15-21)29-27(2,28-25)22-16-10-5-11-17-22/h3-18,28-29H,1-2H3. The molecule has 1 aliphatic rings. The number of benzene rings is 4. The molecule has 0 saturated heterocycles. The first kappa shape index (κ1) is 17.6. The first-order valence-electron chi connectivity index (χ1n) is 10.1. The molecule has 0 amide bonds. The fourth-order valence-electron chi connectivity index (χ4n) is 4.34. The molecular weight excluding hydrogens is 352 g/mol. The van der Waals surface area contributed by atoms with Gasteiger partial charge in [0.25, 0.3) is 0 Å². The molecule has 5 rings (SSSR count). The van der Waals surface area contributed by atoms with Gasteiger partial charge in [-0.2, -0.15) is 0 Å². The Morgan fingerprint density at radius 2 is 1.14 bits per heavy atom. The Morgan fingerprint density at radius 3 is 1.76 bits per heavy atom. The van der Waals surface area contributed by atoms with Crippen molar-refractivity contribution in [2.45, 2.75) is 19.5 Å². The molecule has 0 aliphatic carbocycles. The zero-order valence-electron chi connectivity index (χ0n) is 16.7. The Labute approximate surface area is 172 Å². The van der Waals surface area contributed by atoms with E-state index >= 15 is 0 Å². The van der Waals surface area contributed by atoms with Crippen LogP contribution in [0, 0.1) is 6.92 Å². The molecule has 1 aliphatic heterocycles. The smallest absolute Gasteiger partial charge is 0.131 e. The first-order chi connectivity index (χ1) is 14.2. The minimum atomic E-state index is -0.371. The van der Waals surface area contributed by atoms with Crippen LogP contribution in [0.3, 0.4) is 0 Å². The molecule has 1 heterocycles. The van der Waals surface area contributed by atoms with Crippen molar-refractivity contribution < 1.29 is 0 Å². The second-order valence-corrected chi connectivity index (χ2v) is 7.84. The molecule has 29 heavy (non-hydrogen) atoms. The zero-order valence-corrected chi connectivity index (χ0v) is 16.7. The van der Waals surface area contributed by atoms with Gasteiger partial charge in [-0.25, -0.2) is 0 Å². The third-order valence-electron chi connectivity index (χ3n) is 5.77. The lowest BCUT2D eigenvalue weighted by Crippen LogP contribution is -2.35. The molecule has 0 saturated carbocycles. The van der Waals surface area contributed by atoms with Crippen molar-refractivity contribution >= 4 is 11.4 Å². The number of nitrogens with one attached hydrogen (secondary N) is 2. The number of fused-ring (bicyclic) bond motifs is 1. The van der Waals surface area contributed by atoms with E-state index in [0.29, 0.717) is 0 Å². The molecule has 0 aromatic heterocycles. The van der Waals surface area contributed by atoms with Gasteiger partial charge in [-0.1, -0.05) is 91.0 Å². The summed E-state index contributed by atoms with van der Waals surface area (Å²) < 4.78 is 0. The van der Waals surface area contributed by atoms with Gasteiger partial charge in [0, 0.05) is 11.1 Å². The van der Waals surface area contributed by atoms with E-state index in [0.717, 1.165) is 5.69 Å². The largest absolute Gasteiger partial charge is 0.357 e. The molecule has 142 valence electrons. The molecule has 0 radical (unpaired) electrons. The molecule has 0 spiro atoms. The number of aryl methyl sites for hydroxylation is 1. The summed E-state index contributed by atoms with van der Waals surface area (Å²) in [5.74, 6) is 0. The molecule has 4 aromatic rings. The van der Waals surface area contributed by atoms with Gasteiger partial charge in [-0.3, -0.25) is 0 Å². The van der Waals surface area contributed by atoms with Crippen molar-refractivity contribution in [2.75, 3.05) is 10.6 Å². The van der Waals surface area contributed by atoms with Gasteiger partial charge < -0.3 is 10.6 Å². The van der Waals surface area contributed by atoms with Crippen molar-refractivity contribution in [1.82, 2.24) is 0 Å². The number of hydrogen-bond donors (Lipinski definition) is 2. The third kappa shape index (κ3) is 2.98. The van der Waals surface area contributed by atoms with E-state index in [-0.39, 0.29) is 5.66 Å². The molecule has 2 N–H and O–H groups in total. The first-order valence-corrected chi connectivity index (χ1v) is 10.1. The van der Waals surface area contributed by atoms with Crippen LogP contribution in [-0.4, -0.2) is 0 Å². The monoisotopic (exact) mass is 376 g/mol. The minimum absolute atomic E-state index is 0.371. The summed E-state index contributed by atoms with van der Waals surface area (Å²) in [6, 6.07) is 34.1. The van der Waals surface area contributed by atoms with Crippen molar-refractivity contribution in [1.29, 1.82) is 0 Å². The molecule has 0 bridgehead atoms. The SMILES string of the molecule is Cc1cc(-c2ccccc2)c2c(c1-c1ccccc1)NC(C)(c1ccccc1)N2. The van der Waals surface area contributed by atoms with E-state index in [2.05, 4.69) is 122 Å². The number of rotatable bonds is 3. The van der Waals surface area contributed by atoms with Gasteiger partial charge in [-0.15, -0.1) is 0 Å². The molecule has 2 nitrogen and oxygen atoms in total. The number of hydrogen-bond acceptors (Lipinski definition) is 2. The predicted octanol–water partition coefficient (Wildman–Crippen LogP) is 7.04. The average Bonchev–Trinajstić information content (AvgIpc) is 3.13. The fourth-order valence-corrected chi connectivity index (χ4v) is 4.34. The summed E-state index contributed by atoms with van der Waals surface area (Å²) >= 11 is 0. The second kappa shape index (κ2) is 6.82. The summed E-state index contributed by atoms with van der Waals surface area (Å²) in [5, 5.41) is 7.65. The van der Waals surface area contributed by atoms with Crippen LogP contribution >= 0.6 is 0 Å². The zero-order chi connectivity index (χ0) is 19.8. The van der Waals surface area contributed by atoms with Crippen molar-refractivity contribution in [3.8, 4) is 22.3 Å². The van der Waals surface area contributed by atoms with E-state index < -0.39 is 0 Å². The predicted molar refractivity (Wildman–Crippen MR) is 123 cm³/mol. The Hall–Kier alpha value is -3.52. The molecule has 1 unspecified atom stereocenters. The summed E-state index contributed by atoms with van der Waals surface area (Å²) in [4.78, 5) is 0. The minimum Gasteiger partial charge on any atom is -0.357 e. The summed E-state index contributed by atoms with van der Waals surface area (Å²) in [6.45, 7) is 4.41. The number of anilines is 2. The molecule has 2 heteroatoms. The van der Waals surface area contributed by atoms with Gasteiger partial charge in [-0.05, 0) is 42.2 Å². The lowest BCUT2D eigenvalue weighted by atomic mass is 9.92. The van der Waals surface area contributed by atoms with Gasteiger partial charge in [0.1, 0.15) is 5.66 Å². The molecular formula is C27H24N2. The Bertz CT molecular complexity index is 1150. The Kier molecular flexibility index (Phi) is 4.13. The Balaban J connectivity index is 1.75. The van der Waals surface area contributed by atoms with Crippen molar-refractivity contribution in [2.24, 2.45) is 0 Å². The highest BCUT2D eigenvalue weighted by Gasteiger charge is 2.37. The molecule has 4 aromatic carbocycles. The van der Waals surface area contributed by atoms with Crippen LogP contribution in [0.4, 0.5) is 11.4 Å². The van der Waals surface area contributed by atoms with Crippen LogP contribution in [0.1, 0.15) is 18.1 Å². The van der Waals surface area contributed by atoms with E-state index in [1.54, 1.807) is 0 Å². The highest BCUT2D eigenvalue weighted by atomic mass is 15.3. The van der Waals surface area contributed by atoms with Crippen LogP contribution in [0.15, 0.2) is 97.1 Å². The van der Waals surface area contributed by atoms with Crippen molar-refractivity contribution in [3.63, 3.8) is 0 Å². The molecule has 1 atom stereocenters. The Morgan fingerprint density at radius 1 is 0.621 bits per heavy atom. The summed E-state index contributed by atoms with van der Waals surface area (Å²) in [6.07, 6.45) is 0. The topological polar surface area (TPSA) is 24.1 Å². The average molecular weight is 377 g/mol. The van der Waals surface area contributed by atoms with Crippen molar-refractivity contribution in [3.05, 3.63) is 108 Å². The van der Waals surface area contributed by atoms with Crippen LogP contribution in [0.2, 0.25) is 0 Å². The lowest BCUT2D eigenvalue weighted by Gasteiger charge is -2.27. The van der Waals surface area contributed by atoms with Gasteiger partial charge in [0.05, 0.1) is 11.4 Å². The normalized spacial score (nSPS) is 17.3. The van der Waals surface area contributed by atoms with Gasteiger partial charge >= 0.3 is 0 Å². The lowest BCUT2D eigenvalue weighted by molar-refractivity contribution is 0.651. The van der Waals surface area contributed by atoms with Crippen LogP contribution in [0.5, 0.6) is 0 Å². The fraction of sp³-hybridized carbons (Fsp3) is 0.111. The highest BCUT2D eigenvalue weighted by Crippen LogP contribution is 2.50. The van der Waals surface area contributed by atoms with E-state index in [4.69, 9.17) is 0 Å². The summed E-state index contributed by atoms with van der Waals surface area (Å²) in [5.41, 5.74) is 9.37. The van der Waals surface area contributed by atoms with Crippen LogP contribution in [-0.2, 0) is 5.66 Å². The van der Waals surface area contributed by atoms with Gasteiger partial charge in [0.2, 0.25) is 0 Å². The van der Waals surface area contributed by atoms with E-state index in [1.165, 1.54) is 39.1 Å². The quantitative estimate of drug-likeness (QED) is 0.401. The van der Waals surface area contributed by atoms with E-state index in [9.17, 15) is 0 Å². The van der Waals surface area contributed by atoms with Crippen LogP contribution in [0.25, 0.3) is 22.3 Å². The second-order valence-electron chi connectivity index (χ2n) is 7.84. The van der Waals surface area contributed by atoms with E-state index in [1.807, 2.05) is 0 Å². The maximum absolute atomic E-state index is 3.83.